The van der Waals surface area contributed by atoms with Crippen molar-refractivity contribution in [1.82, 2.24) is 15.6 Å². The summed E-state index contributed by atoms with van der Waals surface area (Å²) in [6.45, 7) is 9.10. The van der Waals surface area contributed by atoms with Crippen molar-refractivity contribution < 1.29 is 4.74 Å². The minimum atomic E-state index is 0.150. The van der Waals surface area contributed by atoms with Crippen LogP contribution in [0.15, 0.2) is 23.3 Å². The van der Waals surface area contributed by atoms with E-state index in [0.717, 1.165) is 44.1 Å². The number of nitrogens with one attached hydrogen (secondary N) is 2. The molecule has 0 bridgehead atoms. The molecule has 2 aliphatic rings. The highest BCUT2D eigenvalue weighted by Crippen LogP contribution is 2.52. The van der Waals surface area contributed by atoms with Crippen LogP contribution in [0.1, 0.15) is 32.8 Å². The van der Waals surface area contributed by atoms with Gasteiger partial charge in [0.05, 0.1) is 6.10 Å². The number of ether oxygens (including phenoxy) is 1. The van der Waals surface area contributed by atoms with Crippen molar-refractivity contribution in [3.63, 3.8) is 0 Å². The van der Waals surface area contributed by atoms with E-state index in [1.807, 2.05) is 18.3 Å². The summed E-state index contributed by atoms with van der Waals surface area (Å²) < 4.78 is 5.87. The zero-order chi connectivity index (χ0) is 17.2. The van der Waals surface area contributed by atoms with E-state index in [-0.39, 0.29) is 5.41 Å². The molecule has 1 aliphatic heterocycles. The largest absolute Gasteiger partial charge is 0.377 e. The molecule has 3 unspecified atom stereocenters. The number of guanidine groups is 1. The molecule has 2 fully saturated rings. The quantitative estimate of drug-likeness (QED) is 0.487. The third-order valence-corrected chi connectivity index (χ3v) is 5.42. The summed E-state index contributed by atoms with van der Waals surface area (Å²) in [4.78, 5) is 8.84. The van der Waals surface area contributed by atoms with E-state index in [4.69, 9.17) is 21.3 Å². The van der Waals surface area contributed by atoms with Gasteiger partial charge in [-0.15, -0.1) is 0 Å². The fourth-order valence-electron chi connectivity index (χ4n) is 3.94. The summed E-state index contributed by atoms with van der Waals surface area (Å²) in [6, 6.07) is 4.24. The maximum absolute atomic E-state index is 5.87. The lowest BCUT2D eigenvalue weighted by Gasteiger charge is -2.54. The molecule has 0 aromatic carbocycles. The normalized spacial score (nSPS) is 28.2. The third kappa shape index (κ3) is 3.52. The Morgan fingerprint density at radius 2 is 2.29 bits per heavy atom. The molecule has 2 heterocycles. The molecule has 3 rings (SSSR count). The van der Waals surface area contributed by atoms with Gasteiger partial charge < -0.3 is 15.4 Å². The van der Waals surface area contributed by atoms with Gasteiger partial charge in [-0.25, -0.2) is 4.98 Å². The Hall–Kier alpha value is -1.33. The number of aliphatic imine (C=N–C) groups is 1. The van der Waals surface area contributed by atoms with Gasteiger partial charge in [-0.05, 0) is 31.4 Å². The number of hydrogen-bond acceptors (Lipinski definition) is 3. The van der Waals surface area contributed by atoms with Gasteiger partial charge in [0.1, 0.15) is 5.15 Å². The first-order valence-electron chi connectivity index (χ1n) is 8.79. The number of aromatic nitrogens is 1. The predicted octanol–water partition coefficient (Wildman–Crippen LogP) is 2.65. The van der Waals surface area contributed by atoms with Gasteiger partial charge in [0, 0.05) is 43.3 Å². The van der Waals surface area contributed by atoms with Crippen LogP contribution < -0.4 is 10.6 Å². The second-order valence-corrected chi connectivity index (χ2v) is 7.57. The number of nitrogens with zero attached hydrogens (tertiary/aromatic N) is 2. The van der Waals surface area contributed by atoms with Crippen molar-refractivity contribution in [1.29, 1.82) is 0 Å². The van der Waals surface area contributed by atoms with Crippen molar-refractivity contribution in [2.45, 2.75) is 45.8 Å². The van der Waals surface area contributed by atoms with Crippen LogP contribution in [0.2, 0.25) is 5.15 Å². The summed E-state index contributed by atoms with van der Waals surface area (Å²) in [6.07, 6.45) is 4.19. The lowest BCUT2D eigenvalue weighted by atomic mass is 9.57. The zero-order valence-electron chi connectivity index (χ0n) is 14.7. The Morgan fingerprint density at radius 1 is 1.46 bits per heavy atom. The second-order valence-electron chi connectivity index (χ2n) is 7.19. The maximum atomic E-state index is 5.87. The van der Waals surface area contributed by atoms with E-state index in [0.29, 0.717) is 23.2 Å². The Labute approximate surface area is 149 Å². The molecule has 24 heavy (non-hydrogen) atoms. The number of halogens is 1. The van der Waals surface area contributed by atoms with Gasteiger partial charge in [0.2, 0.25) is 0 Å². The lowest BCUT2D eigenvalue weighted by molar-refractivity contribution is -0.106. The Morgan fingerprint density at radius 3 is 3.00 bits per heavy atom. The SMILES string of the molecule is CCNC(=NCCc1ccc(Cl)nc1)NC1C2CCOC2C1(C)C. The van der Waals surface area contributed by atoms with Gasteiger partial charge in [-0.2, -0.15) is 0 Å². The fourth-order valence-corrected chi connectivity index (χ4v) is 4.05. The van der Waals surface area contributed by atoms with Gasteiger partial charge in [-0.1, -0.05) is 31.5 Å². The Balaban J connectivity index is 1.58. The smallest absolute Gasteiger partial charge is 0.191 e. The minimum Gasteiger partial charge on any atom is -0.377 e. The molecule has 5 nitrogen and oxygen atoms in total. The molecule has 1 saturated carbocycles. The monoisotopic (exact) mass is 350 g/mol. The summed E-state index contributed by atoms with van der Waals surface area (Å²) >= 11 is 5.82. The molecular formula is C18H27ClN4O. The first-order chi connectivity index (χ1) is 11.5. The second kappa shape index (κ2) is 7.28. The zero-order valence-corrected chi connectivity index (χ0v) is 15.4. The fraction of sp³-hybridized carbons (Fsp3) is 0.667. The molecule has 1 aliphatic carbocycles. The molecule has 1 aromatic heterocycles. The minimum absolute atomic E-state index is 0.150. The van der Waals surface area contributed by atoms with Gasteiger partial charge in [0.25, 0.3) is 0 Å². The van der Waals surface area contributed by atoms with E-state index >= 15 is 0 Å². The van der Waals surface area contributed by atoms with Crippen LogP contribution in [0.3, 0.4) is 0 Å². The average Bonchev–Trinajstić information content (AvgIpc) is 3.01. The van der Waals surface area contributed by atoms with E-state index in [2.05, 4.69) is 36.4 Å². The highest BCUT2D eigenvalue weighted by Gasteiger charge is 2.59. The molecular weight excluding hydrogens is 324 g/mol. The van der Waals surface area contributed by atoms with Crippen molar-refractivity contribution in [2.75, 3.05) is 19.7 Å². The summed E-state index contributed by atoms with van der Waals surface area (Å²) in [5.74, 6) is 1.49. The van der Waals surface area contributed by atoms with E-state index in [1.165, 1.54) is 0 Å². The standard InChI is InChI=1S/C18H27ClN4O/c1-4-20-17(21-9-7-12-5-6-14(19)22-11-12)23-15-13-8-10-24-16(13)18(15,2)3/h5-6,11,13,15-16H,4,7-10H2,1-3H3,(H2,20,21,23). The summed E-state index contributed by atoms with van der Waals surface area (Å²) in [7, 11) is 0. The van der Waals surface area contributed by atoms with Crippen LogP contribution in [0.5, 0.6) is 0 Å². The van der Waals surface area contributed by atoms with Crippen LogP contribution in [-0.2, 0) is 11.2 Å². The first-order valence-corrected chi connectivity index (χ1v) is 9.17. The molecule has 3 atom stereocenters. The van der Waals surface area contributed by atoms with Crippen molar-refractivity contribution >= 4 is 17.6 Å². The highest BCUT2D eigenvalue weighted by molar-refractivity contribution is 6.29. The Bertz CT molecular complexity index is 587. The van der Waals surface area contributed by atoms with Crippen molar-refractivity contribution in [3.05, 3.63) is 29.0 Å². The number of pyridine rings is 1. The molecule has 2 N–H and O–H groups in total. The molecule has 1 aromatic rings. The topological polar surface area (TPSA) is 58.5 Å². The summed E-state index contributed by atoms with van der Waals surface area (Å²) in [5, 5.41) is 7.52. The third-order valence-electron chi connectivity index (χ3n) is 5.20. The predicted molar refractivity (Wildman–Crippen MR) is 97.5 cm³/mol. The molecule has 0 spiro atoms. The van der Waals surface area contributed by atoms with E-state index in [1.54, 1.807) is 0 Å². The van der Waals surface area contributed by atoms with E-state index in [9.17, 15) is 0 Å². The van der Waals surface area contributed by atoms with Gasteiger partial charge >= 0.3 is 0 Å². The van der Waals surface area contributed by atoms with Crippen LogP contribution >= 0.6 is 11.6 Å². The average molecular weight is 351 g/mol. The number of rotatable bonds is 5. The lowest BCUT2D eigenvalue weighted by Crippen LogP contribution is -2.68. The number of fused-ring (bicyclic) bond motifs is 1. The van der Waals surface area contributed by atoms with Gasteiger partial charge in [-0.3, -0.25) is 4.99 Å². The van der Waals surface area contributed by atoms with Crippen LogP contribution in [0.25, 0.3) is 0 Å². The van der Waals surface area contributed by atoms with Crippen LogP contribution in [0, 0.1) is 11.3 Å². The molecule has 6 heteroatoms. The Kier molecular flexibility index (Phi) is 5.30. The van der Waals surface area contributed by atoms with Crippen molar-refractivity contribution in [2.24, 2.45) is 16.3 Å². The summed E-state index contributed by atoms with van der Waals surface area (Å²) in [5.41, 5.74) is 1.30. The van der Waals surface area contributed by atoms with Crippen LogP contribution in [-0.4, -0.2) is 42.8 Å². The van der Waals surface area contributed by atoms with E-state index < -0.39 is 0 Å². The highest BCUT2D eigenvalue weighted by atomic mass is 35.5. The van der Waals surface area contributed by atoms with Crippen LogP contribution in [0.4, 0.5) is 0 Å². The van der Waals surface area contributed by atoms with Gasteiger partial charge in [0.15, 0.2) is 5.96 Å². The molecule has 1 saturated heterocycles. The molecule has 132 valence electrons. The molecule has 0 radical (unpaired) electrons. The first kappa shape index (κ1) is 17.5. The number of hydrogen-bond donors (Lipinski definition) is 2. The molecule has 0 amide bonds. The maximum Gasteiger partial charge on any atom is 0.191 e. The van der Waals surface area contributed by atoms with Crippen molar-refractivity contribution in [3.8, 4) is 0 Å².